The first-order chi connectivity index (χ1) is 15.4. The molecule has 5 nitrogen and oxygen atoms in total. The number of Topliss-reactive ketones (excluding diaryl/α,β-unsaturated/α-hetero) is 1. The summed E-state index contributed by atoms with van der Waals surface area (Å²) in [5, 5.41) is 10.8. The average Bonchev–Trinajstić information content (AvgIpc) is 2.67. The lowest BCUT2D eigenvalue weighted by molar-refractivity contribution is -0.387. The van der Waals surface area contributed by atoms with Crippen molar-refractivity contribution in [2.45, 2.75) is 31.1 Å². The van der Waals surface area contributed by atoms with Crippen LogP contribution in [0.5, 0.6) is 5.75 Å². The maximum atomic E-state index is 14.4. The molecule has 0 saturated carbocycles. The smallest absolute Gasteiger partial charge is 0.434 e. The zero-order chi connectivity index (χ0) is 26.2. The number of benzene rings is 2. The van der Waals surface area contributed by atoms with Crippen molar-refractivity contribution in [3.63, 3.8) is 0 Å². The molecule has 0 aliphatic carbocycles. The number of carbonyl (C=O) groups excluding carboxylic acids is 1. The second-order valence-corrected chi connectivity index (χ2v) is 7.32. The van der Waals surface area contributed by atoms with Crippen molar-refractivity contribution in [1.29, 1.82) is 0 Å². The van der Waals surface area contributed by atoms with Gasteiger partial charge in [0.1, 0.15) is 5.75 Å². The fourth-order valence-electron chi connectivity index (χ4n) is 2.80. The highest BCUT2D eigenvalue weighted by atomic mass is 79.9. The van der Waals surface area contributed by atoms with E-state index in [2.05, 4.69) is 20.7 Å². The van der Waals surface area contributed by atoms with Gasteiger partial charge in [-0.25, -0.2) is 4.39 Å². The number of halogens is 11. The van der Waals surface area contributed by atoms with Gasteiger partial charge in [0.05, 0.1) is 10.5 Å². The van der Waals surface area contributed by atoms with E-state index in [1.54, 1.807) is 0 Å². The third-order valence-corrected chi connectivity index (χ3v) is 5.07. The normalized spacial score (nSPS) is 12.7. The zero-order valence-electron chi connectivity index (χ0n) is 15.9. The molecule has 2 aromatic rings. The summed E-state index contributed by atoms with van der Waals surface area (Å²) in [6, 6.07) is 1.99. The molecular weight excluding hydrogens is 564 g/mol. The van der Waals surface area contributed by atoms with Crippen LogP contribution in [0.2, 0.25) is 0 Å². The first kappa shape index (κ1) is 27.3. The van der Waals surface area contributed by atoms with Crippen LogP contribution in [-0.4, -0.2) is 29.7 Å². The van der Waals surface area contributed by atoms with Crippen LogP contribution in [-0.2, 0) is 12.1 Å². The number of hydrogen-bond donors (Lipinski definition) is 0. The summed E-state index contributed by atoms with van der Waals surface area (Å²) >= 11 is 2.49. The average molecular weight is 572 g/mol. The van der Waals surface area contributed by atoms with Gasteiger partial charge < -0.3 is 4.74 Å². The SMILES string of the molecule is O=C(Cc1c(Br)cc(C(F)(C(F)(F)F)C(F)(F)F)cc1OC(F)F)c1cccc([N+](=O)[O-])c1F. The maximum Gasteiger partial charge on any atom is 0.435 e. The Kier molecular flexibility index (Phi) is 7.54. The van der Waals surface area contributed by atoms with E-state index >= 15 is 0 Å². The molecule has 2 rings (SSSR count). The third-order valence-electron chi connectivity index (χ3n) is 4.36. The van der Waals surface area contributed by atoms with Gasteiger partial charge in [0.15, 0.2) is 5.78 Å². The second kappa shape index (κ2) is 9.38. The monoisotopic (exact) mass is 571 g/mol. The first-order valence-electron chi connectivity index (χ1n) is 8.48. The summed E-state index contributed by atoms with van der Waals surface area (Å²) in [5.41, 5.74) is -11.1. The first-order valence-corrected chi connectivity index (χ1v) is 9.27. The minimum Gasteiger partial charge on any atom is -0.434 e. The molecule has 0 amide bonds. The van der Waals surface area contributed by atoms with E-state index in [0.29, 0.717) is 6.07 Å². The van der Waals surface area contributed by atoms with Gasteiger partial charge in [0.2, 0.25) is 5.82 Å². The van der Waals surface area contributed by atoms with Crippen LogP contribution < -0.4 is 4.74 Å². The predicted octanol–water partition coefficient (Wildman–Crippen LogP) is 6.81. The van der Waals surface area contributed by atoms with Gasteiger partial charge in [-0.05, 0) is 18.2 Å². The van der Waals surface area contributed by atoms with Gasteiger partial charge in [-0.2, -0.15) is 39.5 Å². The number of ether oxygens (including phenoxy) is 1. The van der Waals surface area contributed by atoms with Gasteiger partial charge in [0, 0.05) is 28.1 Å². The van der Waals surface area contributed by atoms with E-state index in [0.717, 1.165) is 12.1 Å². The van der Waals surface area contributed by atoms with Crippen molar-refractivity contribution in [2.75, 3.05) is 0 Å². The third kappa shape index (κ3) is 5.10. The van der Waals surface area contributed by atoms with E-state index in [1.807, 2.05) is 0 Å². The molecule has 0 aromatic heterocycles. The van der Waals surface area contributed by atoms with E-state index in [1.165, 1.54) is 0 Å². The van der Waals surface area contributed by atoms with Gasteiger partial charge in [-0.3, -0.25) is 14.9 Å². The van der Waals surface area contributed by atoms with Crippen molar-refractivity contribution in [2.24, 2.45) is 0 Å². The van der Waals surface area contributed by atoms with Crippen LogP contribution in [0, 0.1) is 15.9 Å². The van der Waals surface area contributed by atoms with Crippen LogP contribution in [0.4, 0.5) is 49.6 Å². The number of nitrogens with zero attached hydrogens (tertiary/aromatic N) is 1. The van der Waals surface area contributed by atoms with Gasteiger partial charge in [0.25, 0.3) is 0 Å². The van der Waals surface area contributed by atoms with Crippen molar-refractivity contribution in [3.8, 4) is 5.75 Å². The summed E-state index contributed by atoms with van der Waals surface area (Å²) in [4.78, 5) is 22.1. The van der Waals surface area contributed by atoms with E-state index in [4.69, 9.17) is 0 Å². The van der Waals surface area contributed by atoms with Gasteiger partial charge in [-0.15, -0.1) is 0 Å². The number of rotatable bonds is 7. The molecule has 34 heavy (non-hydrogen) atoms. The van der Waals surface area contributed by atoms with Crippen molar-refractivity contribution in [3.05, 3.63) is 67.4 Å². The molecule has 0 atom stereocenters. The van der Waals surface area contributed by atoms with Crippen molar-refractivity contribution in [1.82, 2.24) is 0 Å². The van der Waals surface area contributed by atoms with Crippen LogP contribution in [0.25, 0.3) is 0 Å². The highest BCUT2D eigenvalue weighted by Crippen LogP contribution is 2.54. The molecule has 0 N–H and O–H groups in total. The molecular formula is C18H8BrF10NO4. The van der Waals surface area contributed by atoms with Crippen LogP contribution in [0.3, 0.4) is 0 Å². The molecule has 0 spiro atoms. The molecule has 16 heteroatoms. The molecule has 0 aliphatic rings. The van der Waals surface area contributed by atoms with Crippen LogP contribution >= 0.6 is 15.9 Å². The molecule has 2 aromatic carbocycles. The van der Waals surface area contributed by atoms with E-state index in [-0.39, 0.29) is 12.1 Å². The number of hydrogen-bond acceptors (Lipinski definition) is 4. The number of carbonyl (C=O) groups is 1. The lowest BCUT2D eigenvalue weighted by Crippen LogP contribution is -2.50. The molecule has 0 bridgehead atoms. The Bertz CT molecular complexity index is 1100. The quantitative estimate of drug-likeness (QED) is 0.158. The van der Waals surface area contributed by atoms with Gasteiger partial charge >= 0.3 is 30.3 Å². The van der Waals surface area contributed by atoms with E-state index in [9.17, 15) is 58.8 Å². The number of ketones is 1. The van der Waals surface area contributed by atoms with Crippen LogP contribution in [0.1, 0.15) is 21.5 Å². The second-order valence-electron chi connectivity index (χ2n) is 6.46. The summed E-state index contributed by atoms with van der Waals surface area (Å²) < 4.78 is 135. The minimum atomic E-state index is -6.57. The number of alkyl halides is 9. The summed E-state index contributed by atoms with van der Waals surface area (Å²) in [6.45, 7) is -3.84. The predicted molar refractivity (Wildman–Crippen MR) is 96.8 cm³/mol. The Morgan fingerprint density at radius 3 is 2.09 bits per heavy atom. The summed E-state index contributed by atoms with van der Waals surface area (Å²) in [7, 11) is 0. The lowest BCUT2D eigenvalue weighted by atomic mass is 9.91. The van der Waals surface area contributed by atoms with E-state index < -0.39 is 80.2 Å². The van der Waals surface area contributed by atoms with Crippen molar-refractivity contribution < 1.29 is 58.4 Å². The fourth-order valence-corrected chi connectivity index (χ4v) is 3.39. The molecule has 186 valence electrons. The molecule has 0 radical (unpaired) electrons. The van der Waals surface area contributed by atoms with Gasteiger partial charge in [-0.1, -0.05) is 22.0 Å². The lowest BCUT2D eigenvalue weighted by Gasteiger charge is -2.31. The minimum absolute atomic E-state index is 0.0499. The molecule has 0 fully saturated rings. The highest BCUT2D eigenvalue weighted by molar-refractivity contribution is 9.10. The number of nitro benzene ring substituents is 1. The Balaban J connectivity index is 2.66. The molecule has 0 aliphatic heterocycles. The Labute approximate surface area is 190 Å². The topological polar surface area (TPSA) is 69.4 Å². The Morgan fingerprint density at radius 1 is 1.06 bits per heavy atom. The van der Waals surface area contributed by atoms with Crippen LogP contribution in [0.15, 0.2) is 34.8 Å². The summed E-state index contributed by atoms with van der Waals surface area (Å²) in [5.74, 6) is -4.42. The largest absolute Gasteiger partial charge is 0.435 e. The standard InChI is InChI=1S/C18H8BrF10NO4/c19-10-4-7(16(23,17(24,25)26)18(27,28)29)5-13(34-15(21)22)9(10)6-12(31)8-2-1-3-11(14(8)20)30(32)33/h1-5,15H,6H2. The maximum absolute atomic E-state index is 14.4. The molecule has 0 heterocycles. The van der Waals surface area contributed by atoms with Crippen molar-refractivity contribution >= 4 is 27.4 Å². The molecule has 0 unspecified atom stereocenters. The summed E-state index contributed by atoms with van der Waals surface area (Å²) in [6.07, 6.45) is -14.3. The number of nitro groups is 1. The zero-order valence-corrected chi connectivity index (χ0v) is 17.5. The highest BCUT2D eigenvalue weighted by Gasteiger charge is 2.73. The Morgan fingerprint density at radius 2 is 1.62 bits per heavy atom. The molecule has 0 saturated heterocycles. The fraction of sp³-hybridized carbons (Fsp3) is 0.278. The Hall–Kier alpha value is -2.91.